The van der Waals surface area contributed by atoms with Crippen molar-refractivity contribution < 1.29 is 4.79 Å². The quantitative estimate of drug-likeness (QED) is 0.779. The zero-order valence-electron chi connectivity index (χ0n) is 12.8. The van der Waals surface area contributed by atoms with Crippen molar-refractivity contribution in [2.24, 2.45) is 10.9 Å². The van der Waals surface area contributed by atoms with Crippen molar-refractivity contribution in [2.45, 2.75) is 58.9 Å². The molecular weight excluding hydrogens is 264 g/mol. The van der Waals surface area contributed by atoms with Crippen LogP contribution in [0.2, 0.25) is 0 Å². The van der Waals surface area contributed by atoms with E-state index in [1.165, 1.54) is 0 Å². The molecule has 0 N–H and O–H groups in total. The van der Waals surface area contributed by atoms with E-state index in [2.05, 4.69) is 23.1 Å². The van der Waals surface area contributed by atoms with Gasteiger partial charge in [-0.05, 0) is 19.3 Å². The fourth-order valence-corrected chi connectivity index (χ4v) is 2.50. The second kappa shape index (κ2) is 7.16. The summed E-state index contributed by atoms with van der Waals surface area (Å²) in [4.78, 5) is 16.4. The second-order valence-electron chi connectivity index (χ2n) is 5.68. The van der Waals surface area contributed by atoms with Gasteiger partial charge < -0.3 is 0 Å². The fraction of sp³-hybridized carbons (Fsp3) is 0.625. The first-order chi connectivity index (χ1) is 10.2. The molecule has 112 valence electrons. The highest BCUT2D eigenvalue weighted by molar-refractivity contribution is 6.05. The number of rotatable bonds is 5. The summed E-state index contributed by atoms with van der Waals surface area (Å²) in [6.45, 7) is 4.89. The summed E-state index contributed by atoms with van der Waals surface area (Å²) in [5, 5.41) is 13.4. The van der Waals surface area contributed by atoms with E-state index < -0.39 is 0 Å². The first-order valence-corrected chi connectivity index (χ1v) is 7.70. The van der Waals surface area contributed by atoms with Crippen LogP contribution in [-0.2, 0) is 11.3 Å². The molecule has 1 saturated carbocycles. The molecule has 1 aliphatic carbocycles. The number of unbranched alkanes of at least 4 members (excludes halogenated alkanes) is 2. The van der Waals surface area contributed by atoms with Gasteiger partial charge in [-0.3, -0.25) is 4.79 Å². The average Bonchev–Trinajstić information content (AvgIpc) is 2.85. The summed E-state index contributed by atoms with van der Waals surface area (Å²) in [5.41, 5.74) is 1.37. The van der Waals surface area contributed by atoms with Crippen LogP contribution in [0.5, 0.6) is 0 Å². The molecule has 1 unspecified atom stereocenters. The molecule has 0 amide bonds. The van der Waals surface area contributed by atoms with Crippen molar-refractivity contribution in [3.8, 4) is 6.07 Å². The summed E-state index contributed by atoms with van der Waals surface area (Å²) < 4.78 is 1.80. The minimum absolute atomic E-state index is 0.133. The van der Waals surface area contributed by atoms with Crippen LogP contribution in [0.25, 0.3) is 0 Å². The van der Waals surface area contributed by atoms with Gasteiger partial charge in [-0.15, -0.1) is 0 Å². The van der Waals surface area contributed by atoms with Gasteiger partial charge in [-0.25, -0.2) is 9.67 Å². The molecule has 0 spiro atoms. The Morgan fingerprint density at radius 2 is 2.33 bits per heavy atom. The third-order valence-corrected chi connectivity index (χ3v) is 3.96. The molecule has 1 atom stereocenters. The molecule has 0 aliphatic heterocycles. The van der Waals surface area contributed by atoms with Crippen molar-refractivity contribution >= 4 is 17.3 Å². The van der Waals surface area contributed by atoms with Gasteiger partial charge >= 0.3 is 0 Å². The molecule has 1 heterocycles. The lowest BCUT2D eigenvalue weighted by atomic mass is 9.88. The monoisotopic (exact) mass is 286 g/mol. The van der Waals surface area contributed by atoms with Gasteiger partial charge in [0, 0.05) is 24.6 Å². The SMILES string of the molecule is CCCCCn1ncc(C#N)c1N=C1CCC(C)C(=O)C1. The molecular formula is C16H22N4O. The van der Waals surface area contributed by atoms with E-state index in [1.54, 1.807) is 10.9 Å². The number of aryl methyl sites for hydroxylation is 1. The number of carbonyl (C=O) groups is 1. The van der Waals surface area contributed by atoms with Gasteiger partial charge in [0.2, 0.25) is 0 Å². The van der Waals surface area contributed by atoms with Crippen LogP contribution >= 0.6 is 0 Å². The third-order valence-electron chi connectivity index (χ3n) is 3.96. The van der Waals surface area contributed by atoms with E-state index in [9.17, 15) is 10.1 Å². The standard InChI is InChI=1S/C16H22N4O/c1-3-4-5-8-20-16(13(10-17)11-18-20)19-14-7-6-12(2)15(21)9-14/h11-12H,3-9H2,1-2H3. The molecule has 21 heavy (non-hydrogen) atoms. The van der Waals surface area contributed by atoms with Gasteiger partial charge in [0.25, 0.3) is 0 Å². The maximum atomic E-state index is 11.8. The zero-order chi connectivity index (χ0) is 15.2. The van der Waals surface area contributed by atoms with E-state index in [0.29, 0.717) is 17.8 Å². The third kappa shape index (κ3) is 3.78. The summed E-state index contributed by atoms with van der Waals surface area (Å²) in [6.07, 6.45) is 6.96. The van der Waals surface area contributed by atoms with E-state index in [1.807, 2.05) is 6.92 Å². The number of aromatic nitrogens is 2. The number of hydrogen-bond donors (Lipinski definition) is 0. The van der Waals surface area contributed by atoms with Crippen molar-refractivity contribution in [3.05, 3.63) is 11.8 Å². The molecule has 1 aromatic heterocycles. The highest BCUT2D eigenvalue weighted by Crippen LogP contribution is 2.24. The molecule has 1 fully saturated rings. The van der Waals surface area contributed by atoms with Crippen LogP contribution in [-0.4, -0.2) is 21.3 Å². The number of ketones is 1. The zero-order valence-corrected chi connectivity index (χ0v) is 12.8. The average molecular weight is 286 g/mol. The Kier molecular flexibility index (Phi) is 5.26. The van der Waals surface area contributed by atoms with Gasteiger partial charge in [0.1, 0.15) is 17.4 Å². The highest BCUT2D eigenvalue weighted by atomic mass is 16.1. The first kappa shape index (κ1) is 15.4. The Hall–Kier alpha value is -1.96. The molecule has 5 heteroatoms. The van der Waals surface area contributed by atoms with E-state index >= 15 is 0 Å². The van der Waals surface area contributed by atoms with Gasteiger partial charge in [0.15, 0.2) is 5.82 Å². The number of carbonyl (C=O) groups excluding carboxylic acids is 1. The number of nitrogens with zero attached hydrogens (tertiary/aromatic N) is 4. The number of Topliss-reactive ketones (excluding diaryl/α,β-unsaturated/α-hetero) is 1. The molecule has 0 aromatic carbocycles. The summed E-state index contributed by atoms with van der Waals surface area (Å²) in [6, 6.07) is 2.14. The van der Waals surface area contributed by atoms with Crippen molar-refractivity contribution in [1.29, 1.82) is 5.26 Å². The van der Waals surface area contributed by atoms with Crippen molar-refractivity contribution in [2.75, 3.05) is 0 Å². The Morgan fingerprint density at radius 1 is 1.52 bits per heavy atom. The normalized spacial score (nSPS) is 20.7. The molecule has 0 radical (unpaired) electrons. The first-order valence-electron chi connectivity index (χ1n) is 7.70. The summed E-state index contributed by atoms with van der Waals surface area (Å²) >= 11 is 0. The van der Waals surface area contributed by atoms with Crippen LogP contribution in [0.15, 0.2) is 11.2 Å². The lowest BCUT2D eigenvalue weighted by Gasteiger charge is -2.18. The van der Waals surface area contributed by atoms with Crippen LogP contribution in [0.4, 0.5) is 5.82 Å². The molecule has 5 nitrogen and oxygen atoms in total. The maximum absolute atomic E-state index is 11.8. The smallest absolute Gasteiger partial charge is 0.168 e. The van der Waals surface area contributed by atoms with E-state index in [4.69, 9.17) is 0 Å². The summed E-state index contributed by atoms with van der Waals surface area (Å²) in [7, 11) is 0. The Labute approximate surface area is 125 Å². The maximum Gasteiger partial charge on any atom is 0.168 e. The summed E-state index contributed by atoms with van der Waals surface area (Å²) in [5.74, 6) is 0.996. The molecule has 0 bridgehead atoms. The minimum atomic E-state index is 0.133. The van der Waals surface area contributed by atoms with Gasteiger partial charge in [0.05, 0.1) is 6.20 Å². The van der Waals surface area contributed by atoms with Crippen LogP contribution in [0, 0.1) is 17.2 Å². The predicted octanol–water partition coefficient (Wildman–Crippen LogP) is 3.41. The van der Waals surface area contributed by atoms with Crippen LogP contribution in [0.1, 0.15) is 57.9 Å². The van der Waals surface area contributed by atoms with Crippen LogP contribution < -0.4 is 0 Å². The number of hydrogen-bond acceptors (Lipinski definition) is 4. The van der Waals surface area contributed by atoms with E-state index in [0.717, 1.165) is 44.4 Å². The second-order valence-corrected chi connectivity index (χ2v) is 5.68. The lowest BCUT2D eigenvalue weighted by Crippen LogP contribution is -2.22. The minimum Gasteiger partial charge on any atom is -0.299 e. The molecule has 1 aromatic rings. The lowest BCUT2D eigenvalue weighted by molar-refractivity contribution is -0.121. The Balaban J connectivity index is 2.19. The number of nitriles is 1. The van der Waals surface area contributed by atoms with Gasteiger partial charge in [-0.2, -0.15) is 10.4 Å². The molecule has 1 aliphatic rings. The molecule has 2 rings (SSSR count). The van der Waals surface area contributed by atoms with Gasteiger partial charge in [-0.1, -0.05) is 26.7 Å². The number of aliphatic imine (C=N–C) groups is 1. The predicted molar refractivity (Wildman–Crippen MR) is 81.6 cm³/mol. The fourth-order valence-electron chi connectivity index (χ4n) is 2.50. The molecule has 0 saturated heterocycles. The van der Waals surface area contributed by atoms with Crippen molar-refractivity contribution in [1.82, 2.24) is 9.78 Å². The highest BCUT2D eigenvalue weighted by Gasteiger charge is 2.22. The van der Waals surface area contributed by atoms with Crippen molar-refractivity contribution in [3.63, 3.8) is 0 Å². The van der Waals surface area contributed by atoms with Crippen LogP contribution in [0.3, 0.4) is 0 Å². The largest absolute Gasteiger partial charge is 0.299 e. The van der Waals surface area contributed by atoms with E-state index in [-0.39, 0.29) is 11.7 Å². The topological polar surface area (TPSA) is 71.0 Å². The Bertz CT molecular complexity index is 580. The Morgan fingerprint density at radius 3 is 3.00 bits per heavy atom.